The second-order valence-electron chi connectivity index (χ2n) is 4.21. The van der Waals surface area contributed by atoms with Crippen molar-refractivity contribution in [3.05, 3.63) is 59.7 Å². The number of nitrogens with zero attached hydrogens (tertiary/aromatic N) is 2. The molecule has 0 amide bonds. The number of carbonyl (C=O) groups is 2. The molecule has 0 spiro atoms. The molecule has 2 N–H and O–H groups in total. The van der Waals surface area contributed by atoms with Crippen molar-refractivity contribution >= 4 is 29.4 Å². The smallest absolute Gasteiger partial charge is 0.335 e. The van der Waals surface area contributed by atoms with Crippen molar-refractivity contribution in [3.63, 3.8) is 0 Å². The molecule has 2 aromatic rings. The Morgan fingerprint density at radius 2 is 1.18 bits per heavy atom. The van der Waals surface area contributed by atoms with Crippen LogP contribution in [0.3, 0.4) is 0 Å². The van der Waals surface area contributed by atoms with E-state index in [0.29, 0.717) is 11.4 Å². The zero-order valence-electron chi connectivity index (χ0n) is 11.1. The lowest BCUT2D eigenvalue weighted by atomic mass is 10.1. The van der Waals surface area contributed by atoms with Gasteiger partial charge in [-0.25, -0.2) is 19.4 Å². The Bertz CT molecular complexity index is 689. The van der Waals surface area contributed by atoms with Gasteiger partial charge in [0.05, 0.1) is 22.5 Å². The number of carboxylic acid groups (broad SMARTS) is 2. The van der Waals surface area contributed by atoms with Crippen LogP contribution < -0.4 is 5.01 Å². The number of carbonyl (C=O) groups excluding carboxylic acids is 1. The predicted octanol–water partition coefficient (Wildman–Crippen LogP) is 2.47. The first-order chi connectivity index (χ1) is 10.5. The lowest BCUT2D eigenvalue weighted by Gasteiger charge is -2.17. The summed E-state index contributed by atoms with van der Waals surface area (Å²) in [6.45, 7) is 0. The molecule has 7 nitrogen and oxygen atoms in total. The topological polar surface area (TPSA) is 107 Å². The van der Waals surface area contributed by atoms with Crippen LogP contribution in [0.15, 0.2) is 53.6 Å². The van der Waals surface area contributed by atoms with Gasteiger partial charge in [-0.3, -0.25) is 0 Å². The number of carboxylic acids is 2. The molecule has 0 atom stereocenters. The molecule has 0 saturated heterocycles. The lowest BCUT2D eigenvalue weighted by molar-refractivity contribution is 0.0686. The van der Waals surface area contributed by atoms with Gasteiger partial charge in [-0.2, -0.15) is 0 Å². The van der Waals surface area contributed by atoms with Crippen LogP contribution in [-0.4, -0.2) is 28.2 Å². The van der Waals surface area contributed by atoms with Crippen LogP contribution in [-0.2, 0) is 4.79 Å². The first-order valence-corrected chi connectivity index (χ1v) is 6.07. The molecule has 0 aliphatic heterocycles. The van der Waals surface area contributed by atoms with E-state index < -0.39 is 11.9 Å². The van der Waals surface area contributed by atoms with Gasteiger partial charge >= 0.3 is 11.9 Å². The molecule has 2 rings (SSSR count). The monoisotopic (exact) mass is 298 g/mol. The molecule has 0 radical (unpaired) electrons. The van der Waals surface area contributed by atoms with E-state index in [9.17, 15) is 14.4 Å². The van der Waals surface area contributed by atoms with Crippen LogP contribution >= 0.6 is 0 Å². The Morgan fingerprint density at radius 1 is 0.818 bits per heavy atom. The van der Waals surface area contributed by atoms with Crippen LogP contribution in [0.4, 0.5) is 11.4 Å². The quantitative estimate of drug-likeness (QED) is 0.499. The van der Waals surface area contributed by atoms with Crippen molar-refractivity contribution in [1.82, 2.24) is 0 Å². The number of hydrazone groups is 1. The maximum Gasteiger partial charge on any atom is 0.335 e. The molecular formula is C15H10N2O5. The molecule has 0 bridgehead atoms. The third kappa shape index (κ3) is 3.17. The summed E-state index contributed by atoms with van der Waals surface area (Å²) in [6, 6.07) is 11.4. The fourth-order valence-electron chi connectivity index (χ4n) is 1.80. The van der Waals surface area contributed by atoms with Gasteiger partial charge in [0, 0.05) is 0 Å². The van der Waals surface area contributed by atoms with E-state index in [-0.39, 0.29) is 11.1 Å². The van der Waals surface area contributed by atoms with E-state index in [0.717, 1.165) is 0 Å². The average Bonchev–Trinajstić information content (AvgIpc) is 2.53. The Labute approximate surface area is 124 Å². The summed E-state index contributed by atoms with van der Waals surface area (Å²) in [5.74, 6) is -2.13. The number of aromatic carboxylic acids is 2. The first kappa shape index (κ1) is 15.0. The van der Waals surface area contributed by atoms with Crippen molar-refractivity contribution in [3.8, 4) is 0 Å². The lowest BCUT2D eigenvalue weighted by Crippen LogP contribution is -2.09. The maximum atomic E-state index is 10.8. The Kier molecular flexibility index (Phi) is 4.31. The van der Waals surface area contributed by atoms with Crippen LogP contribution in [0.25, 0.3) is 0 Å². The van der Waals surface area contributed by atoms with Gasteiger partial charge in [0.2, 0.25) is 0 Å². The van der Waals surface area contributed by atoms with Gasteiger partial charge in [0.25, 0.3) is 6.08 Å². The predicted molar refractivity (Wildman–Crippen MR) is 77.1 cm³/mol. The number of hydrogen-bond acceptors (Lipinski definition) is 5. The van der Waals surface area contributed by atoms with Crippen molar-refractivity contribution in [1.29, 1.82) is 0 Å². The second kappa shape index (κ2) is 6.34. The fourth-order valence-corrected chi connectivity index (χ4v) is 1.80. The number of benzene rings is 2. The minimum absolute atomic E-state index is 0.0972. The van der Waals surface area contributed by atoms with Gasteiger partial charge in [0.15, 0.2) is 0 Å². The Morgan fingerprint density at radius 3 is 1.45 bits per heavy atom. The highest BCUT2D eigenvalue weighted by atomic mass is 16.4. The summed E-state index contributed by atoms with van der Waals surface area (Å²) >= 11 is 0. The second-order valence-corrected chi connectivity index (χ2v) is 4.21. The van der Waals surface area contributed by atoms with Crippen LogP contribution in [0, 0.1) is 0 Å². The minimum atomic E-state index is -1.07. The number of hydrogen-bond donors (Lipinski definition) is 2. The summed E-state index contributed by atoms with van der Waals surface area (Å²) in [5.41, 5.74) is 1.08. The molecular weight excluding hydrogens is 288 g/mol. The summed E-state index contributed by atoms with van der Waals surface area (Å²) in [6.07, 6.45) is 1.41. The van der Waals surface area contributed by atoms with E-state index in [1.54, 1.807) is 0 Å². The largest absolute Gasteiger partial charge is 0.478 e. The highest BCUT2D eigenvalue weighted by Gasteiger charge is 2.11. The third-order valence-corrected chi connectivity index (χ3v) is 2.86. The van der Waals surface area contributed by atoms with E-state index in [1.165, 1.54) is 59.6 Å². The third-order valence-electron chi connectivity index (χ3n) is 2.86. The Balaban J connectivity index is 2.39. The molecule has 0 saturated carbocycles. The standard InChI is InChI=1S/C15H10N2O5/c18-9-16-17(12-5-1-10(2-6-12)14(19)20)13-7-3-11(4-8-13)15(21)22/h1-8H,(H,19,20)(H,21,22). The highest BCUT2D eigenvalue weighted by molar-refractivity contribution is 5.89. The van der Waals surface area contributed by atoms with E-state index >= 15 is 0 Å². The molecule has 0 heterocycles. The molecule has 0 aliphatic rings. The molecule has 0 aromatic heterocycles. The normalized spacial score (nSPS) is 9.64. The summed E-state index contributed by atoms with van der Waals surface area (Å²) < 4.78 is 0. The van der Waals surface area contributed by atoms with Gasteiger partial charge in [-0.1, -0.05) is 5.10 Å². The minimum Gasteiger partial charge on any atom is -0.478 e. The van der Waals surface area contributed by atoms with E-state index in [2.05, 4.69) is 5.10 Å². The van der Waals surface area contributed by atoms with Gasteiger partial charge in [-0.05, 0) is 48.5 Å². The fraction of sp³-hybridized carbons (Fsp3) is 0. The molecule has 7 heteroatoms. The van der Waals surface area contributed by atoms with Crippen molar-refractivity contribution in [2.75, 3.05) is 5.01 Å². The van der Waals surface area contributed by atoms with Crippen molar-refractivity contribution < 1.29 is 24.6 Å². The highest BCUT2D eigenvalue weighted by Crippen LogP contribution is 2.26. The van der Waals surface area contributed by atoms with Crippen LogP contribution in [0.1, 0.15) is 20.7 Å². The van der Waals surface area contributed by atoms with Crippen LogP contribution in [0.2, 0.25) is 0 Å². The SMILES string of the molecule is O=C=NN(c1ccc(C(=O)O)cc1)c1ccc(C(=O)O)cc1. The summed E-state index contributed by atoms with van der Waals surface area (Å²) in [5, 5.41) is 22.5. The summed E-state index contributed by atoms with van der Waals surface area (Å²) in [7, 11) is 0. The van der Waals surface area contributed by atoms with Gasteiger partial charge in [-0.15, -0.1) is 0 Å². The maximum absolute atomic E-state index is 10.8. The average molecular weight is 298 g/mol. The van der Waals surface area contributed by atoms with Gasteiger partial charge < -0.3 is 10.2 Å². The van der Waals surface area contributed by atoms with Crippen molar-refractivity contribution in [2.24, 2.45) is 5.10 Å². The van der Waals surface area contributed by atoms with Crippen molar-refractivity contribution in [2.45, 2.75) is 0 Å². The number of isocyanates is 1. The molecule has 0 aliphatic carbocycles. The number of rotatable bonds is 5. The molecule has 0 unspecified atom stereocenters. The molecule has 22 heavy (non-hydrogen) atoms. The van der Waals surface area contributed by atoms with Crippen LogP contribution in [0.5, 0.6) is 0 Å². The zero-order chi connectivity index (χ0) is 16.1. The summed E-state index contributed by atoms with van der Waals surface area (Å²) in [4.78, 5) is 32.2. The first-order valence-electron chi connectivity index (χ1n) is 6.07. The number of anilines is 2. The molecule has 0 fully saturated rings. The van der Waals surface area contributed by atoms with E-state index in [1.807, 2.05) is 0 Å². The van der Waals surface area contributed by atoms with E-state index in [4.69, 9.17) is 10.2 Å². The van der Waals surface area contributed by atoms with Gasteiger partial charge in [0.1, 0.15) is 0 Å². The zero-order valence-corrected chi connectivity index (χ0v) is 11.1. The molecule has 110 valence electrons. The molecule has 2 aromatic carbocycles. The Hall–Kier alpha value is -3.44.